The lowest BCUT2D eigenvalue weighted by Gasteiger charge is -2.24. The summed E-state index contributed by atoms with van der Waals surface area (Å²) < 4.78 is 0. The van der Waals surface area contributed by atoms with Crippen LogP contribution in [0.3, 0.4) is 0 Å². The van der Waals surface area contributed by atoms with Gasteiger partial charge in [-0.1, -0.05) is 37.5 Å². The van der Waals surface area contributed by atoms with E-state index in [0.717, 1.165) is 12.8 Å². The first kappa shape index (κ1) is 13.0. The highest BCUT2D eigenvalue weighted by atomic mass is 14.9. The van der Waals surface area contributed by atoms with Crippen LogP contribution in [0, 0.1) is 31.1 Å². The summed E-state index contributed by atoms with van der Waals surface area (Å²) in [5.41, 5.74) is 3.77. The van der Waals surface area contributed by atoms with Crippen molar-refractivity contribution in [3.63, 3.8) is 0 Å². The van der Waals surface area contributed by atoms with Crippen molar-refractivity contribution >= 4 is 5.69 Å². The maximum atomic E-state index is 9.31. The zero-order valence-corrected chi connectivity index (χ0v) is 11.4. The van der Waals surface area contributed by atoms with E-state index in [2.05, 4.69) is 43.4 Å². The van der Waals surface area contributed by atoms with Crippen LogP contribution in [-0.4, -0.2) is 6.04 Å². The standard InChI is InChI=1S/C16H22N2/c1-12-7-6-8-13(2)16(12)18-15-10-5-3-4-9-14(15)11-17/h6-8,14-15,18H,3-5,9-10H2,1-2H3. The van der Waals surface area contributed by atoms with Gasteiger partial charge >= 0.3 is 0 Å². The number of nitrogens with one attached hydrogen (secondary N) is 1. The Bertz CT molecular complexity index is 425. The zero-order valence-electron chi connectivity index (χ0n) is 11.4. The molecule has 96 valence electrons. The minimum Gasteiger partial charge on any atom is -0.381 e. The second-order valence-corrected chi connectivity index (χ2v) is 5.39. The lowest BCUT2D eigenvalue weighted by atomic mass is 9.95. The summed E-state index contributed by atoms with van der Waals surface area (Å²) in [7, 11) is 0. The van der Waals surface area contributed by atoms with E-state index in [9.17, 15) is 5.26 Å². The molecule has 1 aromatic rings. The predicted molar refractivity (Wildman–Crippen MR) is 75.5 cm³/mol. The Morgan fingerprint density at radius 1 is 1.11 bits per heavy atom. The Hall–Kier alpha value is -1.49. The van der Waals surface area contributed by atoms with Gasteiger partial charge < -0.3 is 5.32 Å². The third kappa shape index (κ3) is 2.85. The number of nitriles is 1. The van der Waals surface area contributed by atoms with Crippen LogP contribution in [0.4, 0.5) is 5.69 Å². The highest BCUT2D eigenvalue weighted by Gasteiger charge is 2.24. The second kappa shape index (κ2) is 5.91. The largest absolute Gasteiger partial charge is 0.381 e. The monoisotopic (exact) mass is 242 g/mol. The summed E-state index contributed by atoms with van der Waals surface area (Å²) in [6.07, 6.45) is 5.86. The molecule has 1 aromatic carbocycles. The molecule has 1 aliphatic carbocycles. The van der Waals surface area contributed by atoms with E-state index in [1.807, 2.05) is 0 Å². The number of para-hydroxylation sites is 1. The smallest absolute Gasteiger partial charge is 0.0677 e. The molecule has 2 heteroatoms. The molecule has 2 atom stereocenters. The molecule has 2 rings (SSSR count). The SMILES string of the molecule is Cc1cccc(C)c1NC1CCCCCC1C#N. The van der Waals surface area contributed by atoms with Gasteiger partial charge in [-0.3, -0.25) is 0 Å². The van der Waals surface area contributed by atoms with Gasteiger partial charge in [-0.2, -0.15) is 5.26 Å². The molecule has 0 heterocycles. The van der Waals surface area contributed by atoms with Crippen molar-refractivity contribution in [2.45, 2.75) is 52.0 Å². The third-order valence-electron chi connectivity index (χ3n) is 3.99. The highest BCUT2D eigenvalue weighted by molar-refractivity contribution is 5.57. The Morgan fingerprint density at radius 3 is 2.44 bits per heavy atom. The molecule has 0 aliphatic heterocycles. The minimum absolute atomic E-state index is 0.159. The van der Waals surface area contributed by atoms with Crippen LogP contribution in [0.5, 0.6) is 0 Å². The Labute approximate surface area is 110 Å². The van der Waals surface area contributed by atoms with Gasteiger partial charge in [-0.15, -0.1) is 0 Å². The van der Waals surface area contributed by atoms with E-state index in [0.29, 0.717) is 6.04 Å². The average molecular weight is 242 g/mol. The van der Waals surface area contributed by atoms with Crippen molar-refractivity contribution in [1.29, 1.82) is 5.26 Å². The van der Waals surface area contributed by atoms with E-state index in [1.165, 1.54) is 36.1 Å². The molecule has 18 heavy (non-hydrogen) atoms. The first-order chi connectivity index (χ1) is 8.72. The fourth-order valence-electron chi connectivity index (χ4n) is 2.86. The Balaban J connectivity index is 2.18. The van der Waals surface area contributed by atoms with Gasteiger partial charge in [0.15, 0.2) is 0 Å². The van der Waals surface area contributed by atoms with Crippen LogP contribution in [0.2, 0.25) is 0 Å². The van der Waals surface area contributed by atoms with Crippen LogP contribution >= 0.6 is 0 Å². The number of anilines is 1. The van der Waals surface area contributed by atoms with Gasteiger partial charge in [-0.25, -0.2) is 0 Å². The molecular weight excluding hydrogens is 220 g/mol. The zero-order chi connectivity index (χ0) is 13.0. The summed E-state index contributed by atoms with van der Waals surface area (Å²) in [6, 6.07) is 9.16. The molecule has 0 aromatic heterocycles. The van der Waals surface area contributed by atoms with Gasteiger partial charge in [0, 0.05) is 11.7 Å². The van der Waals surface area contributed by atoms with E-state index in [-0.39, 0.29) is 5.92 Å². The molecule has 1 saturated carbocycles. The molecule has 0 spiro atoms. The van der Waals surface area contributed by atoms with E-state index < -0.39 is 0 Å². The molecule has 1 fully saturated rings. The summed E-state index contributed by atoms with van der Waals surface area (Å²) in [5.74, 6) is 0.159. The van der Waals surface area contributed by atoms with E-state index >= 15 is 0 Å². The van der Waals surface area contributed by atoms with Crippen LogP contribution in [0.1, 0.15) is 43.2 Å². The minimum atomic E-state index is 0.159. The molecular formula is C16H22N2. The molecule has 2 unspecified atom stereocenters. The maximum absolute atomic E-state index is 9.31. The third-order valence-corrected chi connectivity index (χ3v) is 3.99. The fraction of sp³-hybridized carbons (Fsp3) is 0.562. The lowest BCUT2D eigenvalue weighted by molar-refractivity contribution is 0.514. The van der Waals surface area contributed by atoms with Crippen LogP contribution in [0.15, 0.2) is 18.2 Å². The van der Waals surface area contributed by atoms with Crippen molar-refractivity contribution in [2.75, 3.05) is 5.32 Å². The van der Waals surface area contributed by atoms with Crippen molar-refractivity contribution in [2.24, 2.45) is 5.92 Å². The number of hydrogen-bond acceptors (Lipinski definition) is 2. The lowest BCUT2D eigenvalue weighted by Crippen LogP contribution is -2.28. The molecule has 1 aliphatic rings. The molecule has 0 bridgehead atoms. The van der Waals surface area contributed by atoms with Crippen LogP contribution in [-0.2, 0) is 0 Å². The predicted octanol–water partition coefficient (Wildman–Crippen LogP) is 4.19. The van der Waals surface area contributed by atoms with Crippen molar-refractivity contribution in [3.05, 3.63) is 29.3 Å². The summed E-state index contributed by atoms with van der Waals surface area (Å²) in [4.78, 5) is 0. The normalized spacial score (nSPS) is 24.1. The van der Waals surface area contributed by atoms with Crippen LogP contribution in [0.25, 0.3) is 0 Å². The second-order valence-electron chi connectivity index (χ2n) is 5.39. The number of hydrogen-bond donors (Lipinski definition) is 1. The summed E-state index contributed by atoms with van der Waals surface area (Å²) in [6.45, 7) is 4.26. The number of aryl methyl sites for hydroxylation is 2. The molecule has 0 amide bonds. The first-order valence-corrected chi connectivity index (χ1v) is 6.94. The molecule has 0 saturated heterocycles. The van der Waals surface area contributed by atoms with Crippen LogP contribution < -0.4 is 5.32 Å². The van der Waals surface area contributed by atoms with Crippen molar-refractivity contribution in [1.82, 2.24) is 0 Å². The number of rotatable bonds is 2. The van der Waals surface area contributed by atoms with Gasteiger partial charge in [-0.05, 0) is 37.8 Å². The number of benzene rings is 1. The average Bonchev–Trinajstić information content (AvgIpc) is 2.59. The van der Waals surface area contributed by atoms with Gasteiger partial charge in [0.05, 0.1) is 12.0 Å². The Kier molecular flexibility index (Phi) is 4.25. The highest BCUT2D eigenvalue weighted by Crippen LogP contribution is 2.28. The molecule has 2 nitrogen and oxygen atoms in total. The topological polar surface area (TPSA) is 35.8 Å². The molecule has 1 N–H and O–H groups in total. The summed E-state index contributed by atoms with van der Waals surface area (Å²) in [5, 5.41) is 12.9. The van der Waals surface area contributed by atoms with Gasteiger partial charge in [0.25, 0.3) is 0 Å². The first-order valence-electron chi connectivity index (χ1n) is 6.94. The number of nitrogens with zero attached hydrogens (tertiary/aromatic N) is 1. The summed E-state index contributed by atoms with van der Waals surface area (Å²) >= 11 is 0. The van der Waals surface area contributed by atoms with E-state index in [4.69, 9.17) is 0 Å². The van der Waals surface area contributed by atoms with Gasteiger partial charge in [0.2, 0.25) is 0 Å². The quantitative estimate of drug-likeness (QED) is 0.789. The van der Waals surface area contributed by atoms with Crippen molar-refractivity contribution < 1.29 is 0 Å². The fourth-order valence-corrected chi connectivity index (χ4v) is 2.86. The Morgan fingerprint density at radius 2 is 1.78 bits per heavy atom. The van der Waals surface area contributed by atoms with Crippen molar-refractivity contribution in [3.8, 4) is 6.07 Å². The maximum Gasteiger partial charge on any atom is 0.0677 e. The van der Waals surface area contributed by atoms with Gasteiger partial charge in [0.1, 0.15) is 0 Å². The van der Waals surface area contributed by atoms with E-state index in [1.54, 1.807) is 0 Å². The molecule has 0 radical (unpaired) electrons.